The predicted molar refractivity (Wildman–Crippen MR) is 89.5 cm³/mol. The summed E-state index contributed by atoms with van der Waals surface area (Å²) in [6, 6.07) is 18.8. The van der Waals surface area contributed by atoms with Gasteiger partial charge in [0.1, 0.15) is 0 Å². The van der Waals surface area contributed by atoms with Gasteiger partial charge in [0.05, 0.1) is 5.54 Å². The molecule has 0 saturated heterocycles. The van der Waals surface area contributed by atoms with Crippen molar-refractivity contribution in [2.75, 3.05) is 11.1 Å². The third-order valence-corrected chi connectivity index (χ3v) is 4.54. The minimum absolute atomic E-state index is 0.0364. The zero-order valence-electron chi connectivity index (χ0n) is 11.8. The molecule has 1 aliphatic rings. The molecule has 2 aromatic rings. The molecule has 0 atom stereocenters. The van der Waals surface area contributed by atoms with E-state index >= 15 is 0 Å². The van der Waals surface area contributed by atoms with Crippen molar-refractivity contribution in [3.05, 3.63) is 54.6 Å². The van der Waals surface area contributed by atoms with E-state index < -0.39 is 0 Å². The van der Waals surface area contributed by atoms with Gasteiger partial charge in [0.2, 0.25) is 0 Å². The minimum Gasteiger partial charge on any atom is -0.334 e. The van der Waals surface area contributed by atoms with Crippen LogP contribution < -0.4 is 5.32 Å². The number of hydrogen-bond donors (Lipinski definition) is 1. The van der Waals surface area contributed by atoms with Crippen molar-refractivity contribution in [1.29, 1.82) is 0 Å². The SMILES string of the molecule is CC1(C)CSC(Nc2ccccc2-c2ccccc2)=N1. The highest BCUT2D eigenvalue weighted by Gasteiger charge is 2.25. The number of benzene rings is 2. The van der Waals surface area contributed by atoms with E-state index in [0.29, 0.717) is 0 Å². The Morgan fingerprint density at radius 3 is 2.40 bits per heavy atom. The van der Waals surface area contributed by atoms with Gasteiger partial charge >= 0.3 is 0 Å². The van der Waals surface area contributed by atoms with Crippen molar-refractivity contribution < 1.29 is 0 Å². The normalized spacial score (nSPS) is 16.8. The minimum atomic E-state index is 0.0364. The molecule has 0 fully saturated rings. The van der Waals surface area contributed by atoms with Crippen LogP contribution in [0.25, 0.3) is 11.1 Å². The number of para-hydroxylation sites is 1. The molecule has 0 amide bonds. The van der Waals surface area contributed by atoms with Gasteiger partial charge in [-0.2, -0.15) is 0 Å². The number of amidine groups is 1. The highest BCUT2D eigenvalue weighted by atomic mass is 32.2. The monoisotopic (exact) mass is 282 g/mol. The maximum Gasteiger partial charge on any atom is 0.161 e. The molecule has 1 N–H and O–H groups in total. The number of rotatable bonds is 2. The van der Waals surface area contributed by atoms with Crippen LogP contribution >= 0.6 is 11.8 Å². The van der Waals surface area contributed by atoms with E-state index in [1.807, 2.05) is 6.07 Å². The molecular weight excluding hydrogens is 264 g/mol. The van der Waals surface area contributed by atoms with Crippen molar-refractivity contribution in [3.63, 3.8) is 0 Å². The number of aliphatic imine (C=N–C) groups is 1. The van der Waals surface area contributed by atoms with Crippen LogP contribution in [-0.4, -0.2) is 16.5 Å². The van der Waals surface area contributed by atoms with Crippen LogP contribution in [0.4, 0.5) is 5.69 Å². The summed E-state index contributed by atoms with van der Waals surface area (Å²) >= 11 is 1.79. The molecular formula is C17H18N2S. The van der Waals surface area contributed by atoms with Crippen LogP contribution in [0.1, 0.15) is 13.8 Å². The molecule has 1 heterocycles. The standard InChI is InChI=1S/C17H18N2S/c1-17(2)12-20-16(19-17)18-15-11-7-6-10-14(15)13-8-4-3-5-9-13/h3-11H,12H2,1-2H3,(H,18,19). The second-order valence-electron chi connectivity index (χ2n) is 5.55. The lowest BCUT2D eigenvalue weighted by molar-refractivity contribution is 0.605. The van der Waals surface area contributed by atoms with Gasteiger partial charge in [-0.05, 0) is 25.5 Å². The number of anilines is 1. The van der Waals surface area contributed by atoms with E-state index in [4.69, 9.17) is 4.99 Å². The van der Waals surface area contributed by atoms with Crippen LogP contribution in [-0.2, 0) is 0 Å². The molecule has 3 rings (SSSR count). The van der Waals surface area contributed by atoms with Gasteiger partial charge in [-0.15, -0.1) is 0 Å². The second kappa shape index (κ2) is 5.33. The highest BCUT2D eigenvalue weighted by Crippen LogP contribution is 2.32. The first-order valence-corrected chi connectivity index (χ1v) is 7.77. The summed E-state index contributed by atoms with van der Waals surface area (Å²) in [5.74, 6) is 1.03. The van der Waals surface area contributed by atoms with Crippen LogP contribution in [0.3, 0.4) is 0 Å². The quantitative estimate of drug-likeness (QED) is 0.867. The molecule has 0 unspecified atom stereocenters. The summed E-state index contributed by atoms with van der Waals surface area (Å²) in [4.78, 5) is 4.72. The molecule has 102 valence electrons. The first-order chi connectivity index (χ1) is 9.64. The maximum atomic E-state index is 4.72. The van der Waals surface area contributed by atoms with E-state index in [1.165, 1.54) is 11.1 Å². The second-order valence-corrected chi connectivity index (χ2v) is 6.52. The van der Waals surface area contributed by atoms with Crippen molar-refractivity contribution in [1.82, 2.24) is 0 Å². The van der Waals surface area contributed by atoms with Gasteiger partial charge in [0.25, 0.3) is 0 Å². The van der Waals surface area contributed by atoms with Crippen LogP contribution in [0.15, 0.2) is 59.6 Å². The summed E-state index contributed by atoms with van der Waals surface area (Å²) in [6.45, 7) is 4.33. The highest BCUT2D eigenvalue weighted by molar-refractivity contribution is 8.14. The van der Waals surface area contributed by atoms with E-state index in [-0.39, 0.29) is 5.54 Å². The third-order valence-electron chi connectivity index (χ3n) is 3.22. The molecule has 20 heavy (non-hydrogen) atoms. The smallest absolute Gasteiger partial charge is 0.161 e. The predicted octanol–water partition coefficient (Wildman–Crippen LogP) is 4.65. The fraction of sp³-hybridized carbons (Fsp3) is 0.235. The Morgan fingerprint density at radius 2 is 1.70 bits per heavy atom. The molecule has 1 aliphatic heterocycles. The molecule has 0 radical (unpaired) electrons. The van der Waals surface area contributed by atoms with Gasteiger partial charge in [0.15, 0.2) is 5.17 Å². The topological polar surface area (TPSA) is 24.4 Å². The molecule has 0 spiro atoms. The zero-order chi connectivity index (χ0) is 14.0. The fourth-order valence-corrected chi connectivity index (χ4v) is 3.27. The largest absolute Gasteiger partial charge is 0.334 e. The van der Waals surface area contributed by atoms with Gasteiger partial charge < -0.3 is 5.32 Å². The fourth-order valence-electron chi connectivity index (χ4n) is 2.23. The first-order valence-electron chi connectivity index (χ1n) is 6.78. The molecule has 3 heteroatoms. The van der Waals surface area contributed by atoms with Crippen LogP contribution in [0, 0.1) is 0 Å². The summed E-state index contributed by atoms with van der Waals surface area (Å²) < 4.78 is 0. The Morgan fingerprint density at radius 1 is 1.00 bits per heavy atom. The van der Waals surface area contributed by atoms with Crippen molar-refractivity contribution in [2.24, 2.45) is 4.99 Å². The number of nitrogens with one attached hydrogen (secondary N) is 1. The van der Waals surface area contributed by atoms with E-state index in [1.54, 1.807) is 11.8 Å². The number of nitrogens with zero attached hydrogens (tertiary/aromatic N) is 1. The summed E-state index contributed by atoms with van der Waals surface area (Å²) in [6.07, 6.45) is 0. The van der Waals surface area contributed by atoms with Crippen molar-refractivity contribution in [3.8, 4) is 11.1 Å². The lowest BCUT2D eigenvalue weighted by Crippen LogP contribution is -2.15. The van der Waals surface area contributed by atoms with Crippen molar-refractivity contribution >= 4 is 22.6 Å². The molecule has 0 saturated carbocycles. The van der Waals surface area contributed by atoms with Gasteiger partial charge in [-0.1, -0.05) is 60.3 Å². The van der Waals surface area contributed by atoms with Crippen LogP contribution in [0.5, 0.6) is 0 Å². The Hall–Kier alpha value is -1.74. The molecule has 2 nitrogen and oxygen atoms in total. The third kappa shape index (κ3) is 2.88. The summed E-state index contributed by atoms with van der Waals surface area (Å²) in [5.41, 5.74) is 3.58. The molecule has 2 aromatic carbocycles. The first kappa shape index (κ1) is 13.3. The summed E-state index contributed by atoms with van der Waals surface area (Å²) in [7, 11) is 0. The van der Waals surface area contributed by atoms with Crippen LogP contribution in [0.2, 0.25) is 0 Å². The van der Waals surface area contributed by atoms with E-state index in [0.717, 1.165) is 16.6 Å². The maximum absolute atomic E-state index is 4.72. The Bertz CT molecular complexity index is 632. The molecule has 0 aliphatic carbocycles. The average Bonchev–Trinajstić information content (AvgIpc) is 2.79. The summed E-state index contributed by atoms with van der Waals surface area (Å²) in [5, 5.41) is 4.49. The molecule has 0 aromatic heterocycles. The average molecular weight is 282 g/mol. The Kier molecular flexibility index (Phi) is 3.53. The van der Waals surface area contributed by atoms with E-state index in [9.17, 15) is 0 Å². The lowest BCUT2D eigenvalue weighted by atomic mass is 10.0. The lowest BCUT2D eigenvalue weighted by Gasteiger charge is -2.12. The Balaban J connectivity index is 1.92. The van der Waals surface area contributed by atoms with Crippen molar-refractivity contribution in [2.45, 2.75) is 19.4 Å². The van der Waals surface area contributed by atoms with Gasteiger partial charge in [-0.3, -0.25) is 4.99 Å². The number of hydrogen-bond acceptors (Lipinski definition) is 3. The van der Waals surface area contributed by atoms with E-state index in [2.05, 4.69) is 67.7 Å². The molecule has 0 bridgehead atoms. The number of thioether (sulfide) groups is 1. The van der Waals surface area contributed by atoms with Gasteiger partial charge in [0, 0.05) is 17.0 Å². The zero-order valence-corrected chi connectivity index (χ0v) is 12.6. The Labute approximate surface area is 124 Å². The van der Waals surface area contributed by atoms with Gasteiger partial charge in [-0.25, -0.2) is 0 Å².